The molecule has 0 bridgehead atoms. The van der Waals surface area contributed by atoms with Crippen LogP contribution in [0.3, 0.4) is 0 Å². The van der Waals surface area contributed by atoms with Gasteiger partial charge in [-0.15, -0.1) is 0 Å². The minimum Gasteiger partial charge on any atom is -0.308 e. The second kappa shape index (κ2) is 23.6. The molecule has 16 rings (SSSR count). The molecule has 0 saturated carbocycles. The molecule has 0 unspecified atom stereocenters. The fourth-order valence-corrected chi connectivity index (χ4v) is 11.7. The van der Waals surface area contributed by atoms with Gasteiger partial charge in [-0.1, -0.05) is 267 Å². The number of hydrogen-bond donors (Lipinski definition) is 0. The molecule has 5 heterocycles. The summed E-state index contributed by atoms with van der Waals surface area (Å²) in [7, 11) is 0. The number of hydrogen-bond acceptors (Lipinski definition) is 10. The van der Waals surface area contributed by atoms with Crippen LogP contribution in [-0.4, -0.2) is 54.4 Å². The molecule has 0 radical (unpaired) electrons. The average molecular weight is 1170 g/mol. The monoisotopic (exact) mass is 1170 g/mol. The fraction of sp³-hybridized carbons (Fsp3) is 0. The number of aromatic nitrogens is 11. The highest BCUT2D eigenvalue weighted by Gasteiger charge is 2.24. The minimum absolute atomic E-state index is 0.497. The summed E-state index contributed by atoms with van der Waals surface area (Å²) in [6, 6.07) is 105. The van der Waals surface area contributed by atoms with Crippen LogP contribution in [0.2, 0.25) is 0 Å². The van der Waals surface area contributed by atoms with Crippen molar-refractivity contribution in [2.45, 2.75) is 0 Å². The fourth-order valence-electron chi connectivity index (χ4n) is 11.7. The lowest BCUT2D eigenvalue weighted by molar-refractivity contribution is 1.07. The van der Waals surface area contributed by atoms with Crippen molar-refractivity contribution in [1.82, 2.24) is 54.4 Å². The van der Waals surface area contributed by atoms with Gasteiger partial charge in [0.1, 0.15) is 0 Å². The molecule has 16 aromatic rings. The largest absolute Gasteiger partial charge is 0.308 e. The molecule has 0 fully saturated rings. The van der Waals surface area contributed by atoms with E-state index in [-0.39, 0.29) is 0 Å². The van der Waals surface area contributed by atoms with Crippen molar-refractivity contribution in [3.8, 4) is 142 Å². The minimum atomic E-state index is 0.497. The van der Waals surface area contributed by atoms with Gasteiger partial charge in [0.2, 0.25) is 0 Å². The van der Waals surface area contributed by atoms with Gasteiger partial charge in [0.05, 0.1) is 39.5 Å². The molecule has 426 valence electrons. The predicted molar refractivity (Wildman–Crippen MR) is 364 cm³/mol. The first-order valence-electron chi connectivity index (χ1n) is 30.0. The van der Waals surface area contributed by atoms with Crippen LogP contribution in [0.1, 0.15) is 0 Å². The molecular formula is C80H51N11. The highest BCUT2D eigenvalue weighted by molar-refractivity contribution is 6.11. The Kier molecular flexibility index (Phi) is 14.0. The summed E-state index contributed by atoms with van der Waals surface area (Å²) in [5.74, 6) is 4.33. The Morgan fingerprint density at radius 2 is 0.418 bits per heavy atom. The van der Waals surface area contributed by atoms with E-state index in [4.69, 9.17) is 49.8 Å². The van der Waals surface area contributed by atoms with E-state index in [1.807, 2.05) is 194 Å². The quantitative estimate of drug-likeness (QED) is 0.110. The van der Waals surface area contributed by atoms with E-state index in [9.17, 15) is 0 Å². The number of rotatable bonds is 13. The lowest BCUT2D eigenvalue weighted by Crippen LogP contribution is -2.04. The van der Waals surface area contributed by atoms with Crippen LogP contribution in [0.25, 0.3) is 164 Å². The molecule has 0 aliphatic rings. The summed E-state index contributed by atoms with van der Waals surface area (Å²) in [6.07, 6.45) is 0. The Morgan fingerprint density at radius 1 is 0.176 bits per heavy atom. The Bertz CT molecular complexity index is 4900. The number of benzene rings is 11. The van der Waals surface area contributed by atoms with Crippen molar-refractivity contribution in [2.24, 2.45) is 0 Å². The van der Waals surface area contributed by atoms with Crippen molar-refractivity contribution in [3.05, 3.63) is 309 Å². The lowest BCUT2D eigenvalue weighted by Gasteiger charge is -2.17. The molecule has 11 aromatic carbocycles. The van der Waals surface area contributed by atoms with Crippen LogP contribution in [0, 0.1) is 0 Å². The molecule has 0 atom stereocenters. The van der Waals surface area contributed by atoms with E-state index < -0.39 is 0 Å². The van der Waals surface area contributed by atoms with Gasteiger partial charge in [-0.25, -0.2) is 49.8 Å². The van der Waals surface area contributed by atoms with E-state index >= 15 is 0 Å². The first-order valence-corrected chi connectivity index (χ1v) is 30.0. The van der Waals surface area contributed by atoms with Crippen LogP contribution in [-0.2, 0) is 0 Å². The van der Waals surface area contributed by atoms with Gasteiger partial charge in [-0.05, 0) is 42.5 Å². The molecule has 91 heavy (non-hydrogen) atoms. The van der Waals surface area contributed by atoms with Gasteiger partial charge in [0.25, 0.3) is 0 Å². The third-order valence-electron chi connectivity index (χ3n) is 16.1. The molecule has 0 aliphatic carbocycles. The lowest BCUT2D eigenvalue weighted by atomic mass is 10.0. The summed E-state index contributed by atoms with van der Waals surface area (Å²) >= 11 is 0. The zero-order chi connectivity index (χ0) is 60.5. The van der Waals surface area contributed by atoms with Crippen molar-refractivity contribution in [1.29, 1.82) is 0 Å². The average Bonchev–Trinajstić information content (AvgIpc) is 1.63. The Balaban J connectivity index is 0.994. The second-order valence-corrected chi connectivity index (χ2v) is 22.0. The topological polar surface area (TPSA) is 134 Å². The summed E-state index contributed by atoms with van der Waals surface area (Å²) in [5.41, 5.74) is 16.1. The summed E-state index contributed by atoms with van der Waals surface area (Å²) in [4.78, 5) is 52.9. The Morgan fingerprint density at radius 3 is 0.725 bits per heavy atom. The van der Waals surface area contributed by atoms with Crippen LogP contribution in [0.4, 0.5) is 0 Å². The van der Waals surface area contributed by atoms with Gasteiger partial charge in [0, 0.05) is 77.5 Å². The van der Waals surface area contributed by atoms with Gasteiger partial charge < -0.3 is 4.57 Å². The van der Waals surface area contributed by atoms with Gasteiger partial charge in [-0.2, -0.15) is 0 Å². The zero-order valence-corrected chi connectivity index (χ0v) is 48.9. The van der Waals surface area contributed by atoms with E-state index in [2.05, 4.69) is 120 Å². The highest BCUT2D eigenvalue weighted by Crippen LogP contribution is 2.42. The molecule has 0 spiro atoms. The Labute approximate surface area is 524 Å². The van der Waals surface area contributed by atoms with Crippen molar-refractivity contribution < 1.29 is 0 Å². The summed E-state index contributed by atoms with van der Waals surface area (Å²) in [6.45, 7) is 0. The van der Waals surface area contributed by atoms with Gasteiger partial charge in [0.15, 0.2) is 46.6 Å². The molecule has 11 heteroatoms. The maximum Gasteiger partial charge on any atom is 0.164 e. The molecule has 0 saturated heterocycles. The maximum atomic E-state index is 5.56. The van der Waals surface area contributed by atoms with E-state index in [1.165, 1.54) is 0 Å². The highest BCUT2D eigenvalue weighted by atomic mass is 15.1. The van der Waals surface area contributed by atoms with Crippen LogP contribution >= 0.6 is 0 Å². The first kappa shape index (κ1) is 53.8. The normalized spacial score (nSPS) is 11.3. The van der Waals surface area contributed by atoms with Crippen molar-refractivity contribution >= 4 is 21.8 Å². The molecule has 0 N–H and O–H groups in total. The van der Waals surface area contributed by atoms with Crippen molar-refractivity contribution in [2.75, 3.05) is 0 Å². The third kappa shape index (κ3) is 10.7. The summed E-state index contributed by atoms with van der Waals surface area (Å²) < 4.78 is 2.31. The van der Waals surface area contributed by atoms with Crippen LogP contribution in [0.15, 0.2) is 309 Å². The molecule has 11 nitrogen and oxygen atoms in total. The predicted octanol–water partition coefficient (Wildman–Crippen LogP) is 18.7. The van der Waals surface area contributed by atoms with Gasteiger partial charge >= 0.3 is 0 Å². The molecule has 5 aromatic heterocycles. The van der Waals surface area contributed by atoms with Crippen LogP contribution < -0.4 is 0 Å². The maximum absolute atomic E-state index is 5.56. The second-order valence-electron chi connectivity index (χ2n) is 22.0. The molecule has 0 aliphatic heterocycles. The number of fused-ring (bicyclic) bond motifs is 3. The SMILES string of the molecule is c1ccc(-c2cc(-c3ccccc3)nc(-c3ccc(-n4c5cc(-c6nc(-c7ccccc7)nc(-c7ccccc7)n6)ccc5c5ccc(-c6nc(-c7ccccc7)nc(-c7ccccc7)n6)cc54)c(-c4nc(-c5ccccc5)cc(-c5ccccc5)n4)c3)n2)cc1. The zero-order valence-electron chi connectivity index (χ0n) is 48.9. The standard InChI is InChI=1S/C80H51N11/c1-9-25-52(26-10-1)66-50-67(53-27-11-2-12-28-53)82-77(81-66)60-43-46-70(65(47-60)80-83-68(54-29-13-3-14-30-54)51-69(84-80)55-31-15-4-16-32-55)91-71-48-61(78-87-73(56-33-17-5-18-34-56)85-74(88-78)57-35-19-6-20-36-57)41-44-63(71)64-45-42-62(49-72(64)91)79-89-75(58-37-21-7-22-38-58)86-76(90-79)59-39-23-8-24-40-59/h1-51H. The molecule has 0 amide bonds. The Hall–Kier alpha value is -12.6. The van der Waals surface area contributed by atoms with E-state index in [1.54, 1.807) is 0 Å². The number of nitrogens with zero attached hydrogens (tertiary/aromatic N) is 11. The van der Waals surface area contributed by atoms with Gasteiger partial charge in [-0.3, -0.25) is 0 Å². The van der Waals surface area contributed by atoms with E-state index in [0.717, 1.165) is 117 Å². The first-order chi connectivity index (χ1) is 45.1. The van der Waals surface area contributed by atoms with Crippen LogP contribution in [0.5, 0.6) is 0 Å². The smallest absolute Gasteiger partial charge is 0.164 e. The summed E-state index contributed by atoms with van der Waals surface area (Å²) in [5, 5.41) is 1.98. The van der Waals surface area contributed by atoms with Crippen molar-refractivity contribution in [3.63, 3.8) is 0 Å². The van der Waals surface area contributed by atoms with E-state index in [0.29, 0.717) is 46.6 Å². The third-order valence-corrected chi connectivity index (χ3v) is 16.1. The molecular weight excluding hydrogens is 1110 g/mol.